The lowest BCUT2D eigenvalue weighted by Gasteiger charge is -2.32. The van der Waals surface area contributed by atoms with E-state index in [1.807, 2.05) is 41.5 Å². The fourth-order valence-electron chi connectivity index (χ4n) is 2.55. The normalized spacial score (nSPS) is 15.8. The van der Waals surface area contributed by atoms with Crippen LogP contribution >= 0.6 is 11.3 Å². The van der Waals surface area contributed by atoms with Crippen molar-refractivity contribution in [2.75, 3.05) is 38.7 Å². The van der Waals surface area contributed by atoms with E-state index in [4.69, 9.17) is 0 Å². The van der Waals surface area contributed by atoms with E-state index in [0.717, 1.165) is 42.6 Å². The number of hydrogen-bond donors (Lipinski definition) is 1. The van der Waals surface area contributed by atoms with E-state index in [9.17, 15) is 4.79 Å². The number of likely N-dealkylation sites (N-methyl/N-ethyl adjacent to an activating group) is 1. The number of nitrogens with one attached hydrogen (secondary N) is 1. The zero-order chi connectivity index (χ0) is 16.9. The third kappa shape index (κ3) is 3.98. The van der Waals surface area contributed by atoms with Gasteiger partial charge in [-0.05, 0) is 20.0 Å². The summed E-state index contributed by atoms with van der Waals surface area (Å²) >= 11 is 1.50. The van der Waals surface area contributed by atoms with Crippen molar-refractivity contribution in [3.05, 3.63) is 46.5 Å². The summed E-state index contributed by atoms with van der Waals surface area (Å²) < 4.78 is 0. The van der Waals surface area contributed by atoms with Crippen molar-refractivity contribution < 1.29 is 4.79 Å². The Bertz CT molecular complexity index is 734. The van der Waals surface area contributed by atoms with Gasteiger partial charge in [0, 0.05) is 42.7 Å². The first-order valence-electron chi connectivity index (χ1n) is 7.91. The molecule has 0 aliphatic carbocycles. The van der Waals surface area contributed by atoms with Gasteiger partial charge in [0.2, 0.25) is 5.13 Å². The Kier molecular flexibility index (Phi) is 5.22. The van der Waals surface area contributed by atoms with Crippen LogP contribution in [0.1, 0.15) is 21.6 Å². The number of hydrogen-bond acceptors (Lipinski definition) is 6. The molecular weight excluding hydrogens is 322 g/mol. The summed E-state index contributed by atoms with van der Waals surface area (Å²) in [4.78, 5) is 21.2. The maximum atomic E-state index is 12.8. The van der Waals surface area contributed by atoms with Gasteiger partial charge < -0.3 is 9.80 Å². The number of hydrazone groups is 1. The Morgan fingerprint density at radius 1 is 1.29 bits per heavy atom. The molecular formula is C17H21N5OS. The highest BCUT2D eigenvalue weighted by atomic mass is 32.1. The lowest BCUT2D eigenvalue weighted by atomic mass is 10.1. The van der Waals surface area contributed by atoms with Crippen LogP contribution in [-0.2, 0) is 0 Å². The van der Waals surface area contributed by atoms with Crippen molar-refractivity contribution in [3.63, 3.8) is 0 Å². The molecule has 6 nitrogen and oxygen atoms in total. The Labute approximate surface area is 145 Å². The monoisotopic (exact) mass is 343 g/mol. The highest BCUT2D eigenvalue weighted by Gasteiger charge is 2.21. The van der Waals surface area contributed by atoms with Gasteiger partial charge in [0.1, 0.15) is 0 Å². The summed E-state index contributed by atoms with van der Waals surface area (Å²) in [5, 5.41) is 6.92. The maximum Gasteiger partial charge on any atom is 0.254 e. The Balaban J connectivity index is 1.71. The third-order valence-electron chi connectivity index (χ3n) is 3.96. The highest BCUT2D eigenvalue weighted by Crippen LogP contribution is 2.15. The summed E-state index contributed by atoms with van der Waals surface area (Å²) in [5.74, 6) is 0.0650. The molecule has 1 amide bonds. The smallest absolute Gasteiger partial charge is 0.254 e. The third-order valence-corrected chi connectivity index (χ3v) is 4.83. The first-order chi connectivity index (χ1) is 11.6. The average molecular weight is 343 g/mol. The number of carbonyl (C=O) groups excluding carboxylic acids is 1. The van der Waals surface area contributed by atoms with Crippen LogP contribution < -0.4 is 5.43 Å². The van der Waals surface area contributed by atoms with Crippen LogP contribution in [0.15, 0.2) is 34.7 Å². The number of thiazole rings is 1. The van der Waals surface area contributed by atoms with E-state index in [1.165, 1.54) is 11.3 Å². The van der Waals surface area contributed by atoms with Crippen molar-refractivity contribution in [2.24, 2.45) is 5.10 Å². The van der Waals surface area contributed by atoms with Crippen molar-refractivity contribution in [1.82, 2.24) is 14.8 Å². The molecule has 3 rings (SSSR count). The fourth-order valence-corrected chi connectivity index (χ4v) is 3.18. The topological polar surface area (TPSA) is 60.8 Å². The first-order valence-corrected chi connectivity index (χ1v) is 8.79. The largest absolute Gasteiger partial charge is 0.336 e. The minimum absolute atomic E-state index is 0.0650. The number of rotatable bonds is 4. The summed E-state index contributed by atoms with van der Waals surface area (Å²) in [5.41, 5.74) is 5.36. The second-order valence-electron chi connectivity index (χ2n) is 5.85. The van der Waals surface area contributed by atoms with Crippen molar-refractivity contribution in [1.29, 1.82) is 0 Å². The molecule has 2 heterocycles. The first kappa shape index (κ1) is 16.6. The molecule has 1 fully saturated rings. The van der Waals surface area contributed by atoms with Crippen LogP contribution in [0, 0.1) is 6.92 Å². The molecule has 0 radical (unpaired) electrons. The summed E-state index contributed by atoms with van der Waals surface area (Å²) in [6.45, 7) is 5.28. The maximum absolute atomic E-state index is 12.8. The van der Waals surface area contributed by atoms with Gasteiger partial charge in [-0.3, -0.25) is 10.2 Å². The van der Waals surface area contributed by atoms with E-state index in [1.54, 1.807) is 6.21 Å². The van der Waals surface area contributed by atoms with E-state index in [2.05, 4.69) is 27.5 Å². The second kappa shape index (κ2) is 7.55. The van der Waals surface area contributed by atoms with Crippen LogP contribution in [0.25, 0.3) is 0 Å². The van der Waals surface area contributed by atoms with Crippen LogP contribution in [-0.4, -0.2) is 60.1 Å². The molecule has 2 aromatic rings. The van der Waals surface area contributed by atoms with E-state index in [-0.39, 0.29) is 5.91 Å². The van der Waals surface area contributed by atoms with E-state index < -0.39 is 0 Å². The Morgan fingerprint density at radius 2 is 2.04 bits per heavy atom. The molecule has 1 aliphatic rings. The molecule has 1 saturated heterocycles. The van der Waals surface area contributed by atoms with E-state index >= 15 is 0 Å². The quantitative estimate of drug-likeness (QED) is 0.683. The molecule has 1 aromatic heterocycles. The number of aryl methyl sites for hydroxylation is 1. The minimum atomic E-state index is 0.0650. The molecule has 1 N–H and O–H groups in total. The summed E-state index contributed by atoms with van der Waals surface area (Å²) in [6.07, 6.45) is 1.68. The van der Waals surface area contributed by atoms with Crippen LogP contribution in [0.2, 0.25) is 0 Å². The highest BCUT2D eigenvalue weighted by molar-refractivity contribution is 7.13. The van der Waals surface area contributed by atoms with Crippen molar-refractivity contribution in [2.45, 2.75) is 6.92 Å². The predicted molar refractivity (Wildman–Crippen MR) is 97.9 cm³/mol. The van der Waals surface area contributed by atoms with Crippen molar-refractivity contribution >= 4 is 28.6 Å². The molecule has 7 heteroatoms. The number of carbonyl (C=O) groups is 1. The van der Waals surface area contributed by atoms with Gasteiger partial charge in [0.25, 0.3) is 5.91 Å². The van der Waals surface area contributed by atoms with E-state index in [0.29, 0.717) is 5.56 Å². The van der Waals surface area contributed by atoms with Gasteiger partial charge >= 0.3 is 0 Å². The number of piperazine rings is 1. The van der Waals surface area contributed by atoms with Gasteiger partial charge in [-0.25, -0.2) is 4.98 Å². The number of nitrogens with zero attached hydrogens (tertiary/aromatic N) is 4. The van der Waals surface area contributed by atoms with Crippen LogP contribution in [0.4, 0.5) is 5.13 Å². The molecule has 1 aromatic carbocycles. The molecule has 0 unspecified atom stereocenters. The summed E-state index contributed by atoms with van der Waals surface area (Å²) in [6, 6.07) is 7.56. The van der Waals surface area contributed by atoms with Crippen LogP contribution in [0.3, 0.4) is 0 Å². The predicted octanol–water partition coefficient (Wildman–Crippen LogP) is 2.29. The number of anilines is 1. The standard InChI is InChI=1S/C17H21N5OS/c1-13-12-24-17(19-13)20-18-11-14-5-3-4-6-15(14)16(23)22-9-7-21(2)8-10-22/h3-6,11-12H,7-10H2,1-2H3,(H,19,20). The van der Waals surface area contributed by atoms with Gasteiger partial charge in [0.15, 0.2) is 0 Å². The minimum Gasteiger partial charge on any atom is -0.336 e. The molecule has 126 valence electrons. The average Bonchev–Trinajstić information content (AvgIpc) is 3.01. The van der Waals surface area contributed by atoms with Crippen molar-refractivity contribution in [3.8, 4) is 0 Å². The lowest BCUT2D eigenvalue weighted by molar-refractivity contribution is 0.0664. The van der Waals surface area contributed by atoms with Crippen LogP contribution in [0.5, 0.6) is 0 Å². The molecule has 1 aliphatic heterocycles. The number of aromatic nitrogens is 1. The molecule has 24 heavy (non-hydrogen) atoms. The number of benzene rings is 1. The number of amides is 1. The van der Waals surface area contributed by atoms with Gasteiger partial charge in [-0.2, -0.15) is 5.10 Å². The lowest BCUT2D eigenvalue weighted by Crippen LogP contribution is -2.47. The second-order valence-corrected chi connectivity index (χ2v) is 6.70. The molecule has 0 saturated carbocycles. The molecule has 0 atom stereocenters. The molecule has 0 spiro atoms. The SMILES string of the molecule is Cc1csc(NN=Cc2ccccc2C(=O)N2CCN(C)CC2)n1. The van der Waals surface area contributed by atoms with Gasteiger partial charge in [-0.15, -0.1) is 11.3 Å². The summed E-state index contributed by atoms with van der Waals surface area (Å²) in [7, 11) is 2.08. The Hall–Kier alpha value is -2.25. The Morgan fingerprint density at radius 3 is 2.75 bits per heavy atom. The fraction of sp³-hybridized carbons (Fsp3) is 0.353. The van der Waals surface area contributed by atoms with Gasteiger partial charge in [-0.1, -0.05) is 18.2 Å². The molecule has 0 bridgehead atoms. The zero-order valence-electron chi connectivity index (χ0n) is 13.9. The zero-order valence-corrected chi connectivity index (χ0v) is 14.7. The van der Waals surface area contributed by atoms with Gasteiger partial charge in [0.05, 0.1) is 11.9 Å².